The van der Waals surface area contributed by atoms with Crippen LogP contribution in [-0.4, -0.2) is 50.0 Å². The lowest BCUT2D eigenvalue weighted by Gasteiger charge is -2.26. The van der Waals surface area contributed by atoms with Crippen LogP contribution in [0.3, 0.4) is 0 Å². The van der Waals surface area contributed by atoms with E-state index in [1.165, 1.54) is 0 Å². The van der Waals surface area contributed by atoms with Crippen molar-refractivity contribution in [2.75, 3.05) is 33.9 Å². The molecule has 0 aliphatic rings. The van der Waals surface area contributed by atoms with Crippen molar-refractivity contribution in [3.8, 4) is 11.5 Å². The van der Waals surface area contributed by atoms with Gasteiger partial charge in [0.25, 0.3) is 0 Å². The summed E-state index contributed by atoms with van der Waals surface area (Å²) in [5.41, 5.74) is 1.12. The molecule has 1 aromatic carbocycles. The molecule has 6 nitrogen and oxygen atoms in total. The van der Waals surface area contributed by atoms with Gasteiger partial charge in [0.2, 0.25) is 0 Å². The standard InChI is InChI=1S/C22H33NO5/c1-17(2)9-10-23(13-18-7-8-21(25-3)22(12-18)26-4)14-19(24)15-27-16-20-6-5-11-28-20/h5-8,11-12,17,19,24H,9-10,13-16H2,1-4H3. The number of nitrogens with zero attached hydrogens (tertiary/aromatic N) is 1. The van der Waals surface area contributed by atoms with Crippen LogP contribution in [0, 0.1) is 5.92 Å². The number of furan rings is 1. The van der Waals surface area contributed by atoms with E-state index in [9.17, 15) is 5.11 Å². The SMILES string of the molecule is COc1ccc(CN(CCC(C)C)CC(O)COCc2ccco2)cc1OC. The Morgan fingerprint density at radius 3 is 2.54 bits per heavy atom. The van der Waals surface area contributed by atoms with Crippen LogP contribution >= 0.6 is 0 Å². The number of aliphatic hydroxyl groups excluding tert-OH is 1. The quantitative estimate of drug-likeness (QED) is 0.561. The van der Waals surface area contributed by atoms with E-state index < -0.39 is 6.10 Å². The van der Waals surface area contributed by atoms with Crippen LogP contribution in [0.25, 0.3) is 0 Å². The molecular weight excluding hydrogens is 358 g/mol. The van der Waals surface area contributed by atoms with Crippen molar-refractivity contribution in [1.29, 1.82) is 0 Å². The lowest BCUT2D eigenvalue weighted by atomic mass is 10.1. The Hall–Kier alpha value is -2.02. The van der Waals surface area contributed by atoms with Gasteiger partial charge in [-0.1, -0.05) is 19.9 Å². The molecule has 1 aromatic heterocycles. The summed E-state index contributed by atoms with van der Waals surface area (Å²) in [5.74, 6) is 2.78. The topological polar surface area (TPSA) is 64.3 Å². The van der Waals surface area contributed by atoms with E-state index in [0.29, 0.717) is 30.6 Å². The highest BCUT2D eigenvalue weighted by Gasteiger charge is 2.15. The van der Waals surface area contributed by atoms with Crippen LogP contribution in [0.5, 0.6) is 11.5 Å². The van der Waals surface area contributed by atoms with E-state index in [1.807, 2.05) is 30.3 Å². The monoisotopic (exact) mass is 391 g/mol. The van der Waals surface area contributed by atoms with E-state index in [0.717, 1.165) is 30.8 Å². The van der Waals surface area contributed by atoms with Gasteiger partial charge in [-0.3, -0.25) is 4.90 Å². The minimum Gasteiger partial charge on any atom is -0.493 e. The van der Waals surface area contributed by atoms with Gasteiger partial charge in [-0.2, -0.15) is 0 Å². The first kappa shape index (κ1) is 22.3. The fraction of sp³-hybridized carbons (Fsp3) is 0.545. The highest BCUT2D eigenvalue weighted by Crippen LogP contribution is 2.28. The van der Waals surface area contributed by atoms with Crippen molar-refractivity contribution in [2.24, 2.45) is 5.92 Å². The normalized spacial score (nSPS) is 12.5. The number of rotatable bonds is 13. The van der Waals surface area contributed by atoms with Crippen molar-refractivity contribution >= 4 is 0 Å². The molecule has 6 heteroatoms. The minimum absolute atomic E-state index is 0.269. The average molecular weight is 392 g/mol. The molecule has 0 aliphatic heterocycles. The van der Waals surface area contributed by atoms with E-state index in [4.69, 9.17) is 18.6 Å². The maximum Gasteiger partial charge on any atom is 0.161 e. The molecule has 1 unspecified atom stereocenters. The molecule has 2 rings (SSSR count). The Balaban J connectivity index is 1.92. The molecule has 1 N–H and O–H groups in total. The zero-order valence-electron chi connectivity index (χ0n) is 17.4. The first-order chi connectivity index (χ1) is 13.5. The van der Waals surface area contributed by atoms with Gasteiger partial charge >= 0.3 is 0 Å². The molecule has 156 valence electrons. The molecule has 0 amide bonds. The van der Waals surface area contributed by atoms with E-state index in [-0.39, 0.29) is 6.61 Å². The molecule has 0 saturated carbocycles. The van der Waals surface area contributed by atoms with Crippen molar-refractivity contribution in [2.45, 2.75) is 39.5 Å². The smallest absolute Gasteiger partial charge is 0.161 e. The van der Waals surface area contributed by atoms with Crippen molar-refractivity contribution in [3.05, 3.63) is 47.9 Å². The first-order valence-electron chi connectivity index (χ1n) is 9.73. The zero-order valence-corrected chi connectivity index (χ0v) is 17.4. The Labute approximate surface area is 168 Å². The minimum atomic E-state index is -0.567. The third kappa shape index (κ3) is 7.54. The molecule has 0 fully saturated rings. The van der Waals surface area contributed by atoms with Crippen LogP contribution in [0.15, 0.2) is 41.0 Å². The Morgan fingerprint density at radius 2 is 1.89 bits per heavy atom. The predicted octanol–water partition coefficient (Wildman–Crippen LogP) is 3.72. The highest BCUT2D eigenvalue weighted by molar-refractivity contribution is 5.42. The molecular formula is C22H33NO5. The number of methoxy groups -OCH3 is 2. The van der Waals surface area contributed by atoms with Gasteiger partial charge in [-0.05, 0) is 48.7 Å². The number of aliphatic hydroxyl groups is 1. The lowest BCUT2D eigenvalue weighted by Crippen LogP contribution is -2.35. The largest absolute Gasteiger partial charge is 0.493 e. The van der Waals surface area contributed by atoms with Crippen molar-refractivity contribution in [1.82, 2.24) is 4.90 Å². The van der Waals surface area contributed by atoms with E-state index in [1.54, 1.807) is 20.5 Å². The molecule has 0 aliphatic carbocycles. The van der Waals surface area contributed by atoms with E-state index in [2.05, 4.69) is 18.7 Å². The van der Waals surface area contributed by atoms with Gasteiger partial charge in [-0.15, -0.1) is 0 Å². The van der Waals surface area contributed by atoms with Crippen molar-refractivity contribution < 1.29 is 23.7 Å². The summed E-state index contributed by atoms with van der Waals surface area (Å²) in [5, 5.41) is 10.4. The van der Waals surface area contributed by atoms with Gasteiger partial charge in [0.15, 0.2) is 11.5 Å². The second-order valence-corrected chi connectivity index (χ2v) is 7.36. The second-order valence-electron chi connectivity index (χ2n) is 7.36. The first-order valence-corrected chi connectivity index (χ1v) is 9.73. The van der Waals surface area contributed by atoms with Crippen LogP contribution in [0.4, 0.5) is 0 Å². The summed E-state index contributed by atoms with van der Waals surface area (Å²) < 4.78 is 21.5. The number of benzene rings is 1. The Morgan fingerprint density at radius 1 is 1.11 bits per heavy atom. The number of hydrogen-bond donors (Lipinski definition) is 1. The molecule has 0 radical (unpaired) electrons. The third-order valence-corrected chi connectivity index (χ3v) is 4.48. The number of hydrogen-bond acceptors (Lipinski definition) is 6. The van der Waals surface area contributed by atoms with Gasteiger partial charge in [0, 0.05) is 13.1 Å². The van der Waals surface area contributed by atoms with Crippen LogP contribution in [-0.2, 0) is 17.9 Å². The second kappa shape index (κ2) is 11.7. The molecule has 0 spiro atoms. The maximum atomic E-state index is 10.4. The average Bonchev–Trinajstić information content (AvgIpc) is 3.19. The Bertz CT molecular complexity index is 672. The molecule has 1 heterocycles. The summed E-state index contributed by atoms with van der Waals surface area (Å²) >= 11 is 0. The molecule has 1 atom stereocenters. The molecule has 0 saturated heterocycles. The summed E-state index contributed by atoms with van der Waals surface area (Å²) in [4.78, 5) is 2.25. The summed E-state index contributed by atoms with van der Waals surface area (Å²) in [6.45, 7) is 7.22. The fourth-order valence-corrected chi connectivity index (χ4v) is 2.95. The van der Waals surface area contributed by atoms with Gasteiger partial charge < -0.3 is 23.7 Å². The predicted molar refractivity (Wildman–Crippen MR) is 109 cm³/mol. The molecule has 0 bridgehead atoms. The van der Waals surface area contributed by atoms with E-state index >= 15 is 0 Å². The summed E-state index contributed by atoms with van der Waals surface area (Å²) in [6.07, 6.45) is 2.11. The summed E-state index contributed by atoms with van der Waals surface area (Å²) in [6, 6.07) is 9.62. The van der Waals surface area contributed by atoms with Gasteiger partial charge in [-0.25, -0.2) is 0 Å². The van der Waals surface area contributed by atoms with Crippen LogP contribution in [0.2, 0.25) is 0 Å². The van der Waals surface area contributed by atoms with Crippen molar-refractivity contribution in [3.63, 3.8) is 0 Å². The van der Waals surface area contributed by atoms with Gasteiger partial charge in [0.1, 0.15) is 12.4 Å². The maximum absolute atomic E-state index is 10.4. The third-order valence-electron chi connectivity index (χ3n) is 4.48. The van der Waals surface area contributed by atoms with Crippen LogP contribution < -0.4 is 9.47 Å². The fourth-order valence-electron chi connectivity index (χ4n) is 2.95. The van der Waals surface area contributed by atoms with Gasteiger partial charge in [0.05, 0.1) is 33.2 Å². The lowest BCUT2D eigenvalue weighted by molar-refractivity contribution is 0.00325. The Kier molecular flexibility index (Phi) is 9.34. The molecule has 28 heavy (non-hydrogen) atoms. The highest BCUT2D eigenvalue weighted by atomic mass is 16.5. The number of ether oxygens (including phenoxy) is 3. The molecule has 2 aromatic rings. The van der Waals surface area contributed by atoms with Crippen LogP contribution in [0.1, 0.15) is 31.6 Å². The zero-order chi connectivity index (χ0) is 20.4. The summed E-state index contributed by atoms with van der Waals surface area (Å²) in [7, 11) is 3.27.